The topological polar surface area (TPSA) is 59.2 Å². The molecule has 1 unspecified atom stereocenters. The van der Waals surface area contributed by atoms with Gasteiger partial charge in [-0.15, -0.1) is 0 Å². The second-order valence-electron chi connectivity index (χ2n) is 4.48. The van der Waals surface area contributed by atoms with E-state index in [1.165, 1.54) is 5.56 Å². The molecule has 1 aromatic carbocycles. The lowest BCUT2D eigenvalue weighted by molar-refractivity contribution is 0.180. The maximum absolute atomic E-state index is 9.18. The molecular weight excluding hydrogens is 228 g/mol. The van der Waals surface area contributed by atoms with Crippen LogP contribution in [-0.2, 0) is 19.3 Å². The Balaban J connectivity index is 1.83. The quantitative estimate of drug-likeness (QED) is 0.848. The summed E-state index contributed by atoms with van der Waals surface area (Å²) in [5.74, 6) is 1.35. The molecule has 0 aliphatic heterocycles. The van der Waals surface area contributed by atoms with Crippen LogP contribution in [0.2, 0.25) is 0 Å². The largest absolute Gasteiger partial charge is 0.393 e. The van der Waals surface area contributed by atoms with Gasteiger partial charge in [-0.3, -0.25) is 0 Å². The minimum absolute atomic E-state index is 0.329. The first-order valence-corrected chi connectivity index (χ1v) is 6.27. The maximum Gasteiger partial charge on any atom is 0.226 e. The summed E-state index contributed by atoms with van der Waals surface area (Å²) in [5, 5.41) is 13.1. The molecule has 0 saturated heterocycles. The van der Waals surface area contributed by atoms with Gasteiger partial charge in [-0.25, -0.2) is 0 Å². The monoisotopic (exact) mass is 246 g/mol. The third-order valence-corrected chi connectivity index (χ3v) is 2.77. The molecular formula is C14H18N2O2. The lowest BCUT2D eigenvalue weighted by Gasteiger charge is -1.98. The summed E-state index contributed by atoms with van der Waals surface area (Å²) < 4.78 is 5.13. The number of aromatic nitrogens is 2. The average molecular weight is 246 g/mol. The average Bonchev–Trinajstić information content (AvgIpc) is 2.83. The molecule has 2 rings (SSSR count). The number of benzene rings is 1. The molecule has 0 amide bonds. The summed E-state index contributed by atoms with van der Waals surface area (Å²) >= 11 is 0. The van der Waals surface area contributed by atoms with Crippen molar-refractivity contribution in [3.8, 4) is 0 Å². The highest BCUT2D eigenvalue weighted by Gasteiger charge is 2.07. The number of aliphatic hydroxyl groups excluding tert-OH is 1. The first-order chi connectivity index (χ1) is 8.74. The van der Waals surface area contributed by atoms with Crippen LogP contribution in [0.1, 0.15) is 30.6 Å². The van der Waals surface area contributed by atoms with E-state index in [0.29, 0.717) is 18.7 Å². The van der Waals surface area contributed by atoms with E-state index in [0.717, 1.165) is 18.7 Å². The fourth-order valence-electron chi connectivity index (χ4n) is 1.73. The summed E-state index contributed by atoms with van der Waals surface area (Å²) in [5.41, 5.74) is 1.27. The van der Waals surface area contributed by atoms with Gasteiger partial charge in [0.1, 0.15) is 0 Å². The van der Waals surface area contributed by atoms with Gasteiger partial charge < -0.3 is 9.63 Å². The SMILES string of the molecule is CC(O)CCc1nc(CCc2ccccc2)no1. The van der Waals surface area contributed by atoms with Crippen LogP contribution in [0, 0.1) is 0 Å². The zero-order valence-electron chi connectivity index (χ0n) is 10.5. The second-order valence-corrected chi connectivity index (χ2v) is 4.48. The van der Waals surface area contributed by atoms with Crippen molar-refractivity contribution in [2.45, 2.75) is 38.7 Å². The van der Waals surface area contributed by atoms with Gasteiger partial charge in [-0.05, 0) is 25.3 Å². The van der Waals surface area contributed by atoms with Crippen molar-refractivity contribution in [3.63, 3.8) is 0 Å². The van der Waals surface area contributed by atoms with Crippen molar-refractivity contribution in [1.29, 1.82) is 0 Å². The summed E-state index contributed by atoms with van der Waals surface area (Å²) in [7, 11) is 0. The number of hydrogen-bond donors (Lipinski definition) is 1. The molecule has 0 saturated carbocycles. The van der Waals surface area contributed by atoms with Crippen LogP contribution in [-0.4, -0.2) is 21.4 Å². The highest BCUT2D eigenvalue weighted by atomic mass is 16.5. The van der Waals surface area contributed by atoms with Crippen molar-refractivity contribution in [2.24, 2.45) is 0 Å². The third-order valence-electron chi connectivity index (χ3n) is 2.77. The summed E-state index contributed by atoms with van der Waals surface area (Å²) in [6.07, 6.45) is 2.65. The molecule has 2 aromatic rings. The van der Waals surface area contributed by atoms with Crippen LogP contribution < -0.4 is 0 Å². The number of aryl methyl sites for hydroxylation is 3. The van der Waals surface area contributed by atoms with E-state index >= 15 is 0 Å². The van der Waals surface area contributed by atoms with Crippen molar-refractivity contribution in [2.75, 3.05) is 0 Å². The first kappa shape index (κ1) is 12.8. The van der Waals surface area contributed by atoms with Crippen molar-refractivity contribution in [3.05, 3.63) is 47.6 Å². The molecule has 18 heavy (non-hydrogen) atoms. The number of nitrogens with zero attached hydrogens (tertiary/aromatic N) is 2. The molecule has 0 spiro atoms. The Labute approximate surface area is 107 Å². The first-order valence-electron chi connectivity index (χ1n) is 6.27. The van der Waals surface area contributed by atoms with Crippen LogP contribution in [0.25, 0.3) is 0 Å². The Hall–Kier alpha value is -1.68. The van der Waals surface area contributed by atoms with Gasteiger partial charge in [0.25, 0.3) is 0 Å². The second kappa shape index (κ2) is 6.31. The van der Waals surface area contributed by atoms with Crippen LogP contribution in [0.5, 0.6) is 0 Å². The lowest BCUT2D eigenvalue weighted by atomic mass is 10.1. The van der Waals surface area contributed by atoms with Gasteiger partial charge in [-0.1, -0.05) is 35.5 Å². The van der Waals surface area contributed by atoms with Crippen LogP contribution in [0.3, 0.4) is 0 Å². The van der Waals surface area contributed by atoms with Gasteiger partial charge in [0, 0.05) is 12.8 Å². The molecule has 1 atom stereocenters. The number of rotatable bonds is 6. The minimum Gasteiger partial charge on any atom is -0.393 e. The third kappa shape index (κ3) is 3.96. The zero-order valence-corrected chi connectivity index (χ0v) is 10.5. The molecule has 4 nitrogen and oxygen atoms in total. The predicted octanol–water partition coefficient (Wildman–Crippen LogP) is 2.17. The van der Waals surface area contributed by atoms with Gasteiger partial charge >= 0.3 is 0 Å². The van der Waals surface area contributed by atoms with Crippen molar-refractivity contribution in [1.82, 2.24) is 10.1 Å². The summed E-state index contributed by atoms with van der Waals surface area (Å²) in [6.45, 7) is 1.76. The summed E-state index contributed by atoms with van der Waals surface area (Å²) in [4.78, 5) is 4.31. The maximum atomic E-state index is 9.18. The highest BCUT2D eigenvalue weighted by molar-refractivity contribution is 5.15. The van der Waals surface area contributed by atoms with Crippen molar-refractivity contribution >= 4 is 0 Å². The fraction of sp³-hybridized carbons (Fsp3) is 0.429. The highest BCUT2D eigenvalue weighted by Crippen LogP contribution is 2.07. The Bertz CT molecular complexity index is 466. The molecule has 4 heteroatoms. The zero-order chi connectivity index (χ0) is 12.8. The fourth-order valence-corrected chi connectivity index (χ4v) is 1.73. The molecule has 0 fully saturated rings. The number of aliphatic hydroxyl groups is 1. The summed E-state index contributed by atoms with van der Waals surface area (Å²) in [6, 6.07) is 10.2. The van der Waals surface area contributed by atoms with E-state index in [9.17, 15) is 5.11 Å². The Morgan fingerprint density at radius 2 is 1.94 bits per heavy atom. The van der Waals surface area contributed by atoms with E-state index in [1.807, 2.05) is 18.2 Å². The van der Waals surface area contributed by atoms with E-state index in [-0.39, 0.29) is 6.10 Å². The molecule has 1 N–H and O–H groups in total. The molecule has 0 radical (unpaired) electrons. The normalized spacial score (nSPS) is 12.6. The van der Waals surface area contributed by atoms with E-state index in [2.05, 4.69) is 22.3 Å². The van der Waals surface area contributed by atoms with E-state index in [4.69, 9.17) is 4.52 Å². The standard InChI is InChI=1S/C14H18N2O2/c1-11(17)7-10-14-15-13(16-18-14)9-8-12-5-3-2-4-6-12/h2-6,11,17H,7-10H2,1H3. The minimum atomic E-state index is -0.329. The molecule has 1 aromatic heterocycles. The van der Waals surface area contributed by atoms with Gasteiger partial charge in [0.2, 0.25) is 5.89 Å². The van der Waals surface area contributed by atoms with Crippen molar-refractivity contribution < 1.29 is 9.63 Å². The molecule has 0 aliphatic carbocycles. The van der Waals surface area contributed by atoms with Gasteiger partial charge in [0.05, 0.1) is 6.10 Å². The smallest absolute Gasteiger partial charge is 0.226 e. The van der Waals surface area contributed by atoms with E-state index < -0.39 is 0 Å². The predicted molar refractivity (Wildman–Crippen MR) is 68.1 cm³/mol. The van der Waals surface area contributed by atoms with Crippen LogP contribution in [0.15, 0.2) is 34.9 Å². The molecule has 0 bridgehead atoms. The van der Waals surface area contributed by atoms with Gasteiger partial charge in [0.15, 0.2) is 5.82 Å². The Morgan fingerprint density at radius 1 is 1.17 bits per heavy atom. The van der Waals surface area contributed by atoms with Crippen LogP contribution in [0.4, 0.5) is 0 Å². The number of hydrogen-bond acceptors (Lipinski definition) is 4. The molecule has 0 aliphatic rings. The van der Waals surface area contributed by atoms with Crippen LogP contribution >= 0.6 is 0 Å². The molecule has 96 valence electrons. The lowest BCUT2D eigenvalue weighted by Crippen LogP contribution is -2.01. The Morgan fingerprint density at radius 3 is 2.67 bits per heavy atom. The Kier molecular flexibility index (Phi) is 4.47. The van der Waals surface area contributed by atoms with Gasteiger partial charge in [-0.2, -0.15) is 4.98 Å². The molecule has 1 heterocycles. The van der Waals surface area contributed by atoms with E-state index in [1.54, 1.807) is 6.92 Å².